The first-order valence-corrected chi connectivity index (χ1v) is 14.6. The van der Waals surface area contributed by atoms with E-state index < -0.39 is 45.1 Å². The van der Waals surface area contributed by atoms with Gasteiger partial charge < -0.3 is 15.3 Å². The Morgan fingerprint density at radius 3 is 1.88 bits per heavy atom. The number of hydrogen-bond donors (Lipinski definition) is 3. The molecule has 0 aliphatic rings. The van der Waals surface area contributed by atoms with E-state index in [2.05, 4.69) is 5.32 Å². The average molecular weight is 600 g/mol. The molecule has 0 saturated carbocycles. The van der Waals surface area contributed by atoms with E-state index in [9.17, 15) is 36.7 Å². The fourth-order valence-corrected chi connectivity index (χ4v) is 4.88. The Labute approximate surface area is 242 Å². The van der Waals surface area contributed by atoms with E-state index in [1.165, 1.54) is 65.6 Å². The molecule has 0 bridgehead atoms. The third kappa shape index (κ3) is 10.4. The van der Waals surface area contributed by atoms with Gasteiger partial charge in [0.15, 0.2) is 5.76 Å². The minimum absolute atomic E-state index is 0.0126. The molecule has 3 N–H and O–H groups in total. The monoisotopic (exact) mass is 599 g/mol. The second kappa shape index (κ2) is 15.4. The van der Waals surface area contributed by atoms with Gasteiger partial charge in [0.25, 0.3) is 21.8 Å². The van der Waals surface area contributed by atoms with Gasteiger partial charge in [-0.2, -0.15) is 0 Å². The molecule has 12 heteroatoms. The minimum atomic E-state index is -3.93. The van der Waals surface area contributed by atoms with E-state index in [0.717, 1.165) is 6.08 Å². The van der Waals surface area contributed by atoms with Crippen molar-refractivity contribution in [3.8, 4) is 0 Å². The lowest BCUT2D eigenvalue weighted by Crippen LogP contribution is -2.31. The summed E-state index contributed by atoms with van der Waals surface area (Å²) in [5.74, 6) is -3.90. The standard InChI is InChI=1S/C30H31F2N3O6S/c31-24-14-10-22(11-15-24)20-35(21-23-12-16-25(32)17-13-23)29(38)19-27(36)30(39)33-18-6-2-5-9-28(37)34-42(40,41)26-7-3-1-4-8-26/h1,3-4,7-8,10-17,19,36H,2,5-6,9,18,20-21H2,(H,33,39)(H,34,37)/b27-19-. The third-order valence-corrected chi connectivity index (χ3v) is 7.43. The van der Waals surface area contributed by atoms with Crippen LogP contribution in [0.1, 0.15) is 36.8 Å². The number of halogens is 2. The molecule has 9 nitrogen and oxygen atoms in total. The molecule has 42 heavy (non-hydrogen) atoms. The van der Waals surface area contributed by atoms with Gasteiger partial charge in [0.1, 0.15) is 11.6 Å². The van der Waals surface area contributed by atoms with Crippen molar-refractivity contribution in [2.75, 3.05) is 6.54 Å². The van der Waals surface area contributed by atoms with Crippen molar-refractivity contribution in [1.29, 1.82) is 0 Å². The predicted octanol–water partition coefficient (Wildman–Crippen LogP) is 4.12. The smallest absolute Gasteiger partial charge is 0.286 e. The zero-order valence-corrected chi connectivity index (χ0v) is 23.4. The number of amides is 3. The van der Waals surface area contributed by atoms with E-state index in [1.54, 1.807) is 18.2 Å². The Morgan fingerprint density at radius 2 is 1.33 bits per heavy atom. The highest BCUT2D eigenvalue weighted by molar-refractivity contribution is 7.90. The number of unbranched alkanes of at least 4 members (excludes halogenated alkanes) is 2. The molecule has 3 aromatic carbocycles. The first-order valence-electron chi connectivity index (χ1n) is 13.1. The number of benzene rings is 3. The SMILES string of the molecule is O=C(CCCCCNC(=O)/C(O)=C/C(=O)N(Cc1ccc(F)cc1)Cc1ccc(F)cc1)NS(=O)(=O)c1ccccc1. The van der Waals surface area contributed by atoms with Crippen molar-refractivity contribution >= 4 is 27.7 Å². The predicted molar refractivity (Wildman–Crippen MR) is 151 cm³/mol. The van der Waals surface area contributed by atoms with E-state index in [1.807, 2.05) is 4.72 Å². The van der Waals surface area contributed by atoms with Crippen LogP contribution in [0.2, 0.25) is 0 Å². The third-order valence-electron chi connectivity index (χ3n) is 6.05. The minimum Gasteiger partial charge on any atom is -0.503 e. The van der Waals surface area contributed by atoms with Crippen LogP contribution in [0.5, 0.6) is 0 Å². The van der Waals surface area contributed by atoms with Gasteiger partial charge in [0.05, 0.1) is 11.0 Å². The first-order chi connectivity index (χ1) is 20.0. The van der Waals surface area contributed by atoms with Crippen LogP contribution in [0, 0.1) is 11.6 Å². The largest absolute Gasteiger partial charge is 0.503 e. The van der Waals surface area contributed by atoms with Crippen LogP contribution in [0.15, 0.2) is 95.6 Å². The molecule has 0 aromatic heterocycles. The molecule has 3 rings (SSSR count). The topological polar surface area (TPSA) is 133 Å². The van der Waals surface area contributed by atoms with Crippen LogP contribution in [0.4, 0.5) is 8.78 Å². The van der Waals surface area contributed by atoms with E-state index in [4.69, 9.17) is 0 Å². The Morgan fingerprint density at radius 1 is 0.786 bits per heavy atom. The van der Waals surface area contributed by atoms with Gasteiger partial charge in [-0.15, -0.1) is 0 Å². The summed E-state index contributed by atoms with van der Waals surface area (Å²) in [6.45, 7) is 0.230. The van der Waals surface area contributed by atoms with Crippen molar-refractivity contribution < 1.29 is 36.7 Å². The summed E-state index contributed by atoms with van der Waals surface area (Å²) in [5.41, 5.74) is 1.21. The fraction of sp³-hybridized carbons (Fsp3) is 0.233. The summed E-state index contributed by atoms with van der Waals surface area (Å²) < 4.78 is 53.0. The summed E-state index contributed by atoms with van der Waals surface area (Å²) in [7, 11) is -3.93. The number of carbonyl (C=O) groups is 3. The Kier molecular flexibility index (Phi) is 11.7. The molecule has 0 heterocycles. The molecule has 0 radical (unpaired) electrons. The van der Waals surface area contributed by atoms with Gasteiger partial charge >= 0.3 is 0 Å². The highest BCUT2D eigenvalue weighted by Gasteiger charge is 2.18. The highest BCUT2D eigenvalue weighted by atomic mass is 32.2. The molecular formula is C30H31F2N3O6S. The molecule has 0 fully saturated rings. The van der Waals surface area contributed by atoms with Crippen LogP contribution >= 0.6 is 0 Å². The number of aliphatic hydroxyl groups excluding tert-OH is 1. The van der Waals surface area contributed by atoms with Gasteiger partial charge in [-0.05, 0) is 60.4 Å². The number of sulfonamides is 1. The molecule has 0 unspecified atom stereocenters. The molecule has 0 saturated heterocycles. The van der Waals surface area contributed by atoms with Crippen molar-refractivity contribution in [3.63, 3.8) is 0 Å². The lowest BCUT2D eigenvalue weighted by molar-refractivity contribution is -0.128. The average Bonchev–Trinajstić information content (AvgIpc) is 2.96. The molecular weight excluding hydrogens is 568 g/mol. The molecule has 0 aliphatic carbocycles. The molecule has 3 aromatic rings. The van der Waals surface area contributed by atoms with Gasteiger partial charge in [-0.3, -0.25) is 14.4 Å². The number of nitrogens with one attached hydrogen (secondary N) is 2. The summed E-state index contributed by atoms with van der Waals surface area (Å²) >= 11 is 0. The fourth-order valence-electron chi connectivity index (χ4n) is 3.85. The van der Waals surface area contributed by atoms with Gasteiger partial charge in [-0.1, -0.05) is 48.9 Å². The van der Waals surface area contributed by atoms with Crippen molar-refractivity contribution in [3.05, 3.63) is 113 Å². The molecule has 0 spiro atoms. The van der Waals surface area contributed by atoms with Crippen LogP contribution < -0.4 is 10.0 Å². The quantitative estimate of drug-likeness (QED) is 0.145. The molecule has 3 amide bonds. The summed E-state index contributed by atoms with van der Waals surface area (Å²) in [4.78, 5) is 38.6. The maximum Gasteiger partial charge on any atom is 0.286 e. The number of hydrogen-bond acceptors (Lipinski definition) is 6. The maximum atomic E-state index is 13.3. The van der Waals surface area contributed by atoms with E-state index in [-0.39, 0.29) is 31.0 Å². The van der Waals surface area contributed by atoms with Gasteiger partial charge in [-0.25, -0.2) is 21.9 Å². The van der Waals surface area contributed by atoms with Gasteiger partial charge in [0, 0.05) is 26.1 Å². The second-order valence-corrected chi connectivity index (χ2v) is 11.1. The highest BCUT2D eigenvalue weighted by Crippen LogP contribution is 2.13. The number of nitrogens with zero attached hydrogens (tertiary/aromatic N) is 1. The Hall–Kier alpha value is -4.58. The van der Waals surface area contributed by atoms with Crippen LogP contribution in [-0.4, -0.2) is 42.7 Å². The molecule has 222 valence electrons. The van der Waals surface area contributed by atoms with Crippen molar-refractivity contribution in [2.45, 2.75) is 43.7 Å². The summed E-state index contributed by atoms with van der Waals surface area (Å²) in [6.07, 6.45) is 2.05. The lowest BCUT2D eigenvalue weighted by atomic mass is 10.1. The normalized spacial score (nSPS) is 11.5. The van der Waals surface area contributed by atoms with E-state index >= 15 is 0 Å². The number of rotatable bonds is 14. The summed E-state index contributed by atoms with van der Waals surface area (Å²) in [6, 6.07) is 18.5. The maximum absolute atomic E-state index is 13.3. The van der Waals surface area contributed by atoms with Crippen molar-refractivity contribution in [2.24, 2.45) is 0 Å². The molecule has 0 aliphatic heterocycles. The lowest BCUT2D eigenvalue weighted by Gasteiger charge is -2.22. The second-order valence-electron chi connectivity index (χ2n) is 9.39. The number of carbonyl (C=O) groups excluding carboxylic acids is 3. The van der Waals surface area contributed by atoms with Gasteiger partial charge in [0.2, 0.25) is 5.91 Å². The zero-order chi connectivity index (χ0) is 30.5. The van der Waals surface area contributed by atoms with Crippen LogP contribution in [-0.2, 0) is 37.5 Å². The summed E-state index contributed by atoms with van der Waals surface area (Å²) in [5, 5.41) is 12.7. The number of aliphatic hydroxyl groups is 1. The Bertz CT molecular complexity index is 1450. The first kappa shape index (κ1) is 31.9. The van der Waals surface area contributed by atoms with Crippen LogP contribution in [0.3, 0.4) is 0 Å². The zero-order valence-electron chi connectivity index (χ0n) is 22.6. The molecule has 0 atom stereocenters. The Balaban J connectivity index is 1.46. The van der Waals surface area contributed by atoms with Crippen molar-refractivity contribution in [1.82, 2.24) is 14.9 Å². The van der Waals surface area contributed by atoms with E-state index in [0.29, 0.717) is 30.4 Å². The van der Waals surface area contributed by atoms with Crippen LogP contribution in [0.25, 0.3) is 0 Å².